The molecule has 0 aliphatic carbocycles. The summed E-state index contributed by atoms with van der Waals surface area (Å²) in [5, 5.41) is 31.2. The smallest absolute Gasteiger partial charge is 0.222 e. The highest BCUT2D eigenvalue weighted by Crippen LogP contribution is 2.23. The topological polar surface area (TPSA) is 122 Å². The first-order valence-corrected chi connectivity index (χ1v) is 11.9. The van der Waals surface area contributed by atoms with E-state index < -0.39 is 0 Å². The zero-order chi connectivity index (χ0) is 25.5. The molecule has 0 atom stereocenters. The molecule has 3 rings (SSSR count). The fourth-order valence-corrected chi connectivity index (χ4v) is 4.40. The van der Waals surface area contributed by atoms with Gasteiger partial charge in [0.05, 0.1) is 0 Å². The summed E-state index contributed by atoms with van der Waals surface area (Å²) in [6.07, 6.45) is 3.54. The summed E-state index contributed by atoms with van der Waals surface area (Å²) in [6.45, 7) is 6.54. The number of nitrogens with zero attached hydrogens (tertiary/aromatic N) is 3. The first kappa shape index (κ1) is 26.0. The second-order valence-corrected chi connectivity index (χ2v) is 9.11. The number of rotatable bonds is 8. The van der Waals surface area contributed by atoms with E-state index in [1.165, 1.54) is 16.8 Å². The van der Waals surface area contributed by atoms with Gasteiger partial charge in [0.25, 0.3) is 0 Å². The lowest BCUT2D eigenvalue weighted by atomic mass is 9.90. The Kier molecular flexibility index (Phi) is 8.68. The van der Waals surface area contributed by atoms with Gasteiger partial charge in [0.1, 0.15) is 17.1 Å². The normalized spacial score (nSPS) is 14.9. The molecule has 1 fully saturated rings. The number of hydrogen-bond acceptors (Lipinski definition) is 6. The van der Waals surface area contributed by atoms with Crippen LogP contribution in [0.2, 0.25) is 0 Å². The quantitative estimate of drug-likeness (QED) is 0.333. The zero-order valence-corrected chi connectivity index (χ0v) is 20.6. The molecule has 0 unspecified atom stereocenters. The minimum atomic E-state index is -0.222. The molecule has 0 saturated carbocycles. The van der Waals surface area contributed by atoms with Gasteiger partial charge in [-0.15, -0.1) is 5.10 Å². The van der Waals surface area contributed by atoms with Crippen molar-refractivity contribution in [3.63, 3.8) is 0 Å². The van der Waals surface area contributed by atoms with Crippen LogP contribution in [0, 0.1) is 28.0 Å². The van der Waals surface area contributed by atoms with Crippen LogP contribution in [-0.2, 0) is 11.2 Å². The summed E-state index contributed by atoms with van der Waals surface area (Å²) in [6, 6.07) is 9.87. The lowest BCUT2D eigenvalue weighted by Crippen LogP contribution is -2.38. The summed E-state index contributed by atoms with van der Waals surface area (Å²) in [5.41, 5.74) is 3.10. The second kappa shape index (κ2) is 11.7. The van der Waals surface area contributed by atoms with Crippen molar-refractivity contribution in [3.05, 3.63) is 64.5 Å². The Hall–Kier alpha value is -3.62. The fraction of sp³-hybridized carbons (Fsp3) is 0.423. The maximum absolute atomic E-state index is 13.1. The molecular formula is C26H34FN7O. The van der Waals surface area contributed by atoms with Gasteiger partial charge in [-0.1, -0.05) is 12.1 Å². The number of allylic oxidation sites excluding steroid dienone is 2. The van der Waals surface area contributed by atoms with E-state index in [2.05, 4.69) is 10.4 Å². The maximum Gasteiger partial charge on any atom is 0.222 e. The van der Waals surface area contributed by atoms with Crippen molar-refractivity contribution >= 4 is 23.3 Å². The number of piperidine rings is 1. The van der Waals surface area contributed by atoms with Crippen LogP contribution in [0.1, 0.15) is 52.0 Å². The molecule has 1 saturated heterocycles. The average Bonchev–Trinajstić information content (AvgIpc) is 2.82. The van der Waals surface area contributed by atoms with Crippen LogP contribution in [0.15, 0.2) is 47.7 Å². The molecule has 1 aliphatic rings. The van der Waals surface area contributed by atoms with Crippen molar-refractivity contribution in [3.8, 4) is 0 Å². The molecule has 35 heavy (non-hydrogen) atoms. The number of likely N-dealkylation sites (tertiary alicyclic amines) is 1. The Morgan fingerprint density at radius 3 is 2.31 bits per heavy atom. The van der Waals surface area contributed by atoms with Crippen LogP contribution in [-0.4, -0.2) is 45.2 Å². The third-order valence-electron chi connectivity index (χ3n) is 6.37. The Morgan fingerprint density at radius 1 is 1.06 bits per heavy atom. The monoisotopic (exact) mass is 479 g/mol. The van der Waals surface area contributed by atoms with Crippen molar-refractivity contribution in [1.29, 1.82) is 16.2 Å². The van der Waals surface area contributed by atoms with Crippen molar-refractivity contribution in [1.82, 2.24) is 14.7 Å². The largest absolute Gasteiger partial charge is 0.343 e. The molecule has 4 N–H and O–H groups in total. The Balaban J connectivity index is 1.56. The SMILES string of the molecule is CC(=N)/C(CCC(=O)N1CCC(Cc2ccc(F)cc2)CC1)=C(/C)Nc1ccc(=N)n(C(C)=N)n1. The van der Waals surface area contributed by atoms with Gasteiger partial charge in [-0.25, -0.2) is 9.07 Å². The molecule has 1 amide bonds. The summed E-state index contributed by atoms with van der Waals surface area (Å²) >= 11 is 0. The maximum atomic E-state index is 13.1. The molecule has 1 aromatic heterocycles. The van der Waals surface area contributed by atoms with Gasteiger partial charge in [0, 0.05) is 30.9 Å². The van der Waals surface area contributed by atoms with E-state index in [4.69, 9.17) is 16.2 Å². The van der Waals surface area contributed by atoms with Gasteiger partial charge in [-0.3, -0.25) is 15.6 Å². The van der Waals surface area contributed by atoms with E-state index >= 15 is 0 Å². The number of aromatic nitrogens is 2. The minimum Gasteiger partial charge on any atom is -0.343 e. The highest BCUT2D eigenvalue weighted by molar-refractivity contribution is 5.97. The Bertz CT molecular complexity index is 1170. The highest BCUT2D eigenvalue weighted by atomic mass is 19.1. The number of benzene rings is 1. The first-order valence-electron chi connectivity index (χ1n) is 11.9. The molecule has 0 spiro atoms. The minimum absolute atomic E-state index is 0.0886. The van der Waals surface area contributed by atoms with E-state index in [-0.39, 0.29) is 23.0 Å². The number of anilines is 1. The standard InChI is InChI=1S/C26H34FN7O/c1-17(28)23(18(2)31-25-10-9-24(30)34(32-25)19(3)29)8-11-26(35)33-14-12-21(13-15-33)16-20-4-6-22(27)7-5-20/h4-7,9-10,21,28-30H,8,11-16H2,1-3H3,(H,31,32)/b23-18-,28-17?,29-19?,30-24?. The number of carbonyl (C=O) groups excluding carboxylic acids is 1. The van der Waals surface area contributed by atoms with E-state index in [1.54, 1.807) is 26.0 Å². The first-order chi connectivity index (χ1) is 16.6. The van der Waals surface area contributed by atoms with Gasteiger partial charge in [0.2, 0.25) is 5.91 Å². The van der Waals surface area contributed by atoms with Gasteiger partial charge in [-0.2, -0.15) is 0 Å². The molecule has 0 bridgehead atoms. The molecule has 9 heteroatoms. The van der Waals surface area contributed by atoms with Crippen LogP contribution >= 0.6 is 0 Å². The lowest BCUT2D eigenvalue weighted by molar-refractivity contribution is -0.132. The highest BCUT2D eigenvalue weighted by Gasteiger charge is 2.23. The predicted octanol–water partition coefficient (Wildman–Crippen LogP) is 4.33. The zero-order valence-electron chi connectivity index (χ0n) is 20.6. The van der Waals surface area contributed by atoms with Crippen LogP contribution in [0.3, 0.4) is 0 Å². The second-order valence-electron chi connectivity index (χ2n) is 9.11. The van der Waals surface area contributed by atoms with Gasteiger partial charge in [0.15, 0.2) is 5.82 Å². The van der Waals surface area contributed by atoms with Crippen molar-refractivity contribution in [2.45, 2.75) is 52.9 Å². The summed E-state index contributed by atoms with van der Waals surface area (Å²) in [5.74, 6) is 0.963. The third kappa shape index (κ3) is 7.18. The lowest BCUT2D eigenvalue weighted by Gasteiger charge is -2.32. The number of amides is 1. The third-order valence-corrected chi connectivity index (χ3v) is 6.37. The predicted molar refractivity (Wildman–Crippen MR) is 135 cm³/mol. The number of hydrogen-bond donors (Lipinski definition) is 4. The van der Waals surface area contributed by atoms with Crippen molar-refractivity contribution in [2.24, 2.45) is 5.92 Å². The van der Waals surface area contributed by atoms with Crippen LogP contribution < -0.4 is 10.8 Å². The number of halogens is 1. The van der Waals surface area contributed by atoms with E-state index in [9.17, 15) is 9.18 Å². The molecule has 8 nitrogen and oxygen atoms in total. The van der Waals surface area contributed by atoms with Crippen LogP contribution in [0.5, 0.6) is 0 Å². The van der Waals surface area contributed by atoms with E-state index in [0.29, 0.717) is 30.3 Å². The summed E-state index contributed by atoms with van der Waals surface area (Å²) < 4.78 is 14.3. The van der Waals surface area contributed by atoms with Gasteiger partial charge < -0.3 is 15.6 Å². The molecule has 1 aromatic carbocycles. The van der Waals surface area contributed by atoms with Crippen molar-refractivity contribution < 1.29 is 9.18 Å². The summed E-state index contributed by atoms with van der Waals surface area (Å²) in [4.78, 5) is 14.8. The number of carbonyl (C=O) groups is 1. The van der Waals surface area contributed by atoms with Crippen molar-refractivity contribution in [2.75, 3.05) is 18.4 Å². The average molecular weight is 480 g/mol. The van der Waals surface area contributed by atoms with Crippen LogP contribution in [0.25, 0.3) is 0 Å². The molecule has 1 aliphatic heterocycles. The van der Waals surface area contributed by atoms with E-state index in [0.717, 1.165) is 49.2 Å². The summed E-state index contributed by atoms with van der Waals surface area (Å²) in [7, 11) is 0. The molecular weight excluding hydrogens is 445 g/mol. The van der Waals surface area contributed by atoms with Gasteiger partial charge >= 0.3 is 0 Å². The molecule has 0 radical (unpaired) electrons. The number of nitrogens with one attached hydrogen (secondary N) is 4. The Morgan fingerprint density at radius 2 is 1.71 bits per heavy atom. The van der Waals surface area contributed by atoms with E-state index in [1.807, 2.05) is 24.0 Å². The molecule has 186 valence electrons. The van der Waals surface area contributed by atoms with Gasteiger partial charge in [-0.05, 0) is 87.8 Å². The molecule has 2 aromatic rings. The fourth-order valence-electron chi connectivity index (χ4n) is 4.40. The Labute approximate surface area is 205 Å². The van der Waals surface area contributed by atoms with Crippen LogP contribution in [0.4, 0.5) is 10.2 Å². The molecule has 2 heterocycles.